The summed E-state index contributed by atoms with van der Waals surface area (Å²) in [4.78, 5) is 21.8. The second-order valence-corrected chi connectivity index (χ2v) is 6.62. The first-order valence-corrected chi connectivity index (χ1v) is 8.65. The number of benzene rings is 1. The molecule has 4 rings (SSSR count). The fraction of sp³-hybridized carbons (Fsp3) is 0.368. The molecule has 1 aromatic carbocycles. The zero-order valence-corrected chi connectivity index (χ0v) is 14.2. The van der Waals surface area contributed by atoms with Gasteiger partial charge in [-0.1, -0.05) is 48.7 Å². The molecule has 1 fully saturated rings. The zero-order chi connectivity index (χ0) is 17.3. The standard InChI is InChI=1S/C19H20N4O2/c1-13-20-18(23-25-13)19(11-5-2-6-12-19)22-17(24)16-10-9-14-7-3-4-8-15(14)21-16/h3-4,7-10H,2,5-6,11-12H2,1H3,(H,22,24). The average Bonchev–Trinajstić information content (AvgIpc) is 3.09. The monoisotopic (exact) mass is 336 g/mol. The summed E-state index contributed by atoms with van der Waals surface area (Å²) in [5, 5.41) is 8.26. The van der Waals surface area contributed by atoms with E-state index in [9.17, 15) is 4.79 Å². The Hall–Kier alpha value is -2.76. The maximum Gasteiger partial charge on any atom is 0.270 e. The van der Waals surface area contributed by atoms with Crippen molar-refractivity contribution in [3.8, 4) is 0 Å². The molecule has 1 aliphatic carbocycles. The van der Waals surface area contributed by atoms with E-state index in [1.165, 1.54) is 0 Å². The highest BCUT2D eigenvalue weighted by Crippen LogP contribution is 2.36. The predicted octanol–water partition coefficient (Wildman–Crippen LogP) is 3.52. The van der Waals surface area contributed by atoms with Crippen LogP contribution in [0.1, 0.15) is 54.3 Å². The van der Waals surface area contributed by atoms with Gasteiger partial charge in [0, 0.05) is 12.3 Å². The Labute approximate surface area is 145 Å². The number of pyridine rings is 1. The van der Waals surface area contributed by atoms with E-state index in [4.69, 9.17) is 4.52 Å². The molecule has 25 heavy (non-hydrogen) atoms. The first kappa shape index (κ1) is 15.7. The van der Waals surface area contributed by atoms with Crippen LogP contribution < -0.4 is 5.32 Å². The third-order valence-corrected chi connectivity index (χ3v) is 4.85. The maximum absolute atomic E-state index is 12.9. The first-order chi connectivity index (χ1) is 12.2. The summed E-state index contributed by atoms with van der Waals surface area (Å²) < 4.78 is 5.16. The summed E-state index contributed by atoms with van der Waals surface area (Å²) in [6, 6.07) is 11.4. The van der Waals surface area contributed by atoms with Gasteiger partial charge >= 0.3 is 0 Å². The summed E-state index contributed by atoms with van der Waals surface area (Å²) in [7, 11) is 0. The predicted molar refractivity (Wildman–Crippen MR) is 93.0 cm³/mol. The lowest BCUT2D eigenvalue weighted by Crippen LogP contribution is -2.48. The van der Waals surface area contributed by atoms with E-state index in [-0.39, 0.29) is 5.91 Å². The van der Waals surface area contributed by atoms with Crippen LogP contribution in [0.2, 0.25) is 0 Å². The van der Waals surface area contributed by atoms with E-state index in [1.54, 1.807) is 13.0 Å². The molecule has 2 aromatic heterocycles. The number of nitrogens with zero attached hydrogens (tertiary/aromatic N) is 3. The fourth-order valence-electron chi connectivity index (χ4n) is 3.53. The molecule has 2 heterocycles. The van der Waals surface area contributed by atoms with Crippen LogP contribution in [0.5, 0.6) is 0 Å². The third-order valence-electron chi connectivity index (χ3n) is 4.85. The topological polar surface area (TPSA) is 80.9 Å². The summed E-state index contributed by atoms with van der Waals surface area (Å²) in [6.45, 7) is 1.76. The van der Waals surface area contributed by atoms with Crippen molar-refractivity contribution in [1.29, 1.82) is 0 Å². The fourth-order valence-corrected chi connectivity index (χ4v) is 3.53. The molecule has 1 saturated carbocycles. The van der Waals surface area contributed by atoms with Crippen LogP contribution >= 0.6 is 0 Å². The number of para-hydroxylation sites is 1. The van der Waals surface area contributed by atoms with E-state index in [0.29, 0.717) is 17.4 Å². The van der Waals surface area contributed by atoms with Gasteiger partial charge in [-0.2, -0.15) is 4.98 Å². The molecule has 1 aliphatic rings. The van der Waals surface area contributed by atoms with Gasteiger partial charge in [-0.15, -0.1) is 0 Å². The van der Waals surface area contributed by atoms with Gasteiger partial charge in [0.25, 0.3) is 5.91 Å². The Morgan fingerprint density at radius 3 is 2.64 bits per heavy atom. The van der Waals surface area contributed by atoms with Crippen molar-refractivity contribution in [3.63, 3.8) is 0 Å². The number of fused-ring (bicyclic) bond motifs is 1. The van der Waals surface area contributed by atoms with Crippen molar-refractivity contribution in [1.82, 2.24) is 20.4 Å². The van der Waals surface area contributed by atoms with E-state index in [2.05, 4.69) is 20.4 Å². The SMILES string of the molecule is Cc1nc(C2(NC(=O)c3ccc4ccccc4n3)CCCCC2)no1. The van der Waals surface area contributed by atoms with Gasteiger partial charge in [-0.3, -0.25) is 4.79 Å². The van der Waals surface area contributed by atoms with Crippen LogP contribution in [0.3, 0.4) is 0 Å². The molecule has 0 atom stereocenters. The lowest BCUT2D eigenvalue weighted by atomic mass is 9.81. The molecule has 1 N–H and O–H groups in total. The second-order valence-electron chi connectivity index (χ2n) is 6.62. The van der Waals surface area contributed by atoms with Crippen LogP contribution in [0.25, 0.3) is 10.9 Å². The second kappa shape index (κ2) is 6.27. The summed E-state index contributed by atoms with van der Waals surface area (Å²) in [5.74, 6) is 0.881. The number of aryl methyl sites for hydroxylation is 1. The van der Waals surface area contributed by atoms with E-state index >= 15 is 0 Å². The van der Waals surface area contributed by atoms with E-state index in [1.807, 2.05) is 30.3 Å². The van der Waals surface area contributed by atoms with E-state index < -0.39 is 5.54 Å². The number of hydrogen-bond acceptors (Lipinski definition) is 5. The summed E-state index contributed by atoms with van der Waals surface area (Å²) in [5.41, 5.74) is 0.646. The number of carbonyl (C=O) groups is 1. The minimum absolute atomic E-state index is 0.199. The molecule has 1 amide bonds. The number of rotatable bonds is 3. The Kier molecular flexibility index (Phi) is 3.95. The molecular weight excluding hydrogens is 316 g/mol. The normalized spacial score (nSPS) is 16.7. The zero-order valence-electron chi connectivity index (χ0n) is 14.2. The molecular formula is C19H20N4O2. The van der Waals surface area contributed by atoms with Crippen LogP contribution in [0.4, 0.5) is 0 Å². The molecule has 6 nitrogen and oxygen atoms in total. The Bertz CT molecular complexity index is 912. The van der Waals surface area contributed by atoms with Gasteiger partial charge in [-0.05, 0) is 25.0 Å². The molecule has 3 aromatic rings. The molecule has 0 aliphatic heterocycles. The van der Waals surface area contributed by atoms with Gasteiger partial charge in [0.05, 0.1) is 5.52 Å². The number of hydrogen-bond donors (Lipinski definition) is 1. The minimum atomic E-state index is -0.569. The van der Waals surface area contributed by atoms with Crippen LogP contribution in [0.15, 0.2) is 40.9 Å². The molecule has 0 radical (unpaired) electrons. The maximum atomic E-state index is 12.9. The highest BCUT2D eigenvalue weighted by atomic mass is 16.5. The average molecular weight is 336 g/mol. The van der Waals surface area contributed by atoms with Crippen molar-refractivity contribution < 1.29 is 9.32 Å². The highest BCUT2D eigenvalue weighted by molar-refractivity contribution is 5.95. The summed E-state index contributed by atoms with van der Waals surface area (Å²) >= 11 is 0. The Balaban J connectivity index is 1.65. The van der Waals surface area contributed by atoms with Crippen molar-refractivity contribution >= 4 is 16.8 Å². The highest BCUT2D eigenvalue weighted by Gasteiger charge is 2.40. The van der Waals surface area contributed by atoms with Gasteiger partial charge in [0.2, 0.25) is 5.89 Å². The number of carbonyl (C=O) groups excluding carboxylic acids is 1. The van der Waals surface area contributed by atoms with Gasteiger partial charge in [0.1, 0.15) is 11.2 Å². The molecule has 0 spiro atoms. The number of nitrogens with one attached hydrogen (secondary N) is 1. The van der Waals surface area contributed by atoms with Gasteiger partial charge in [0.15, 0.2) is 5.82 Å². The Morgan fingerprint density at radius 2 is 1.88 bits per heavy atom. The van der Waals surface area contributed by atoms with Crippen molar-refractivity contribution in [2.24, 2.45) is 0 Å². The minimum Gasteiger partial charge on any atom is -0.340 e. The first-order valence-electron chi connectivity index (χ1n) is 8.65. The molecule has 128 valence electrons. The quantitative estimate of drug-likeness (QED) is 0.791. The van der Waals surface area contributed by atoms with Crippen LogP contribution in [-0.4, -0.2) is 21.0 Å². The van der Waals surface area contributed by atoms with Crippen molar-refractivity contribution in [3.05, 3.63) is 53.8 Å². The van der Waals surface area contributed by atoms with Crippen molar-refractivity contribution in [2.45, 2.75) is 44.6 Å². The van der Waals surface area contributed by atoms with Gasteiger partial charge < -0.3 is 9.84 Å². The molecule has 0 saturated heterocycles. The largest absolute Gasteiger partial charge is 0.340 e. The lowest BCUT2D eigenvalue weighted by molar-refractivity contribution is 0.0850. The Morgan fingerprint density at radius 1 is 1.08 bits per heavy atom. The van der Waals surface area contributed by atoms with Crippen LogP contribution in [-0.2, 0) is 5.54 Å². The van der Waals surface area contributed by atoms with Gasteiger partial charge in [-0.25, -0.2) is 4.98 Å². The molecule has 6 heteroatoms. The molecule has 0 bridgehead atoms. The number of aromatic nitrogens is 3. The molecule has 0 unspecified atom stereocenters. The lowest BCUT2D eigenvalue weighted by Gasteiger charge is -2.35. The number of amides is 1. The third kappa shape index (κ3) is 2.99. The van der Waals surface area contributed by atoms with E-state index in [0.717, 1.165) is 43.0 Å². The summed E-state index contributed by atoms with van der Waals surface area (Å²) in [6.07, 6.45) is 4.83. The smallest absolute Gasteiger partial charge is 0.270 e. The van der Waals surface area contributed by atoms with Crippen LogP contribution in [0, 0.1) is 6.92 Å². The van der Waals surface area contributed by atoms with Crippen molar-refractivity contribution in [2.75, 3.05) is 0 Å².